The van der Waals surface area contributed by atoms with Crippen LogP contribution in [0.25, 0.3) is 60.9 Å². The first-order valence-corrected chi connectivity index (χ1v) is 21.0. The lowest BCUT2D eigenvalue weighted by molar-refractivity contribution is 0.588. The van der Waals surface area contributed by atoms with E-state index in [1.54, 1.807) is 0 Å². The maximum Gasteiger partial charge on any atom is 0.248 e. The number of hydrogen-bond donors (Lipinski definition) is 0. The third-order valence-corrected chi connectivity index (χ3v) is 13.2. The van der Waals surface area contributed by atoms with Crippen molar-refractivity contribution in [3.63, 3.8) is 0 Å². The maximum atomic E-state index is 7.05. The molecule has 9 aromatic rings. The topological polar surface area (TPSA) is 18.1 Å². The molecule has 0 saturated carbocycles. The van der Waals surface area contributed by atoms with Crippen LogP contribution in [0.15, 0.2) is 156 Å². The number of para-hydroxylation sites is 2. The van der Waals surface area contributed by atoms with Crippen molar-refractivity contribution in [2.24, 2.45) is 0 Å². The van der Waals surface area contributed by atoms with Gasteiger partial charge in [-0.1, -0.05) is 174 Å². The molecule has 2 aliphatic rings. The molecule has 0 radical (unpaired) electrons. The van der Waals surface area contributed by atoms with Crippen LogP contribution in [0.3, 0.4) is 0 Å². The smallest absolute Gasteiger partial charge is 0.248 e. The van der Waals surface area contributed by atoms with E-state index in [1.807, 2.05) is 0 Å². The Bertz CT molecular complexity index is 3020. The summed E-state index contributed by atoms with van der Waals surface area (Å²) in [5.74, 6) is 1.26. The van der Waals surface area contributed by atoms with Gasteiger partial charge in [0.25, 0.3) is 0 Å². The predicted octanol–water partition coefficient (Wildman–Crippen LogP) is 12.2. The van der Waals surface area contributed by atoms with Crippen molar-refractivity contribution in [2.45, 2.75) is 71.1 Å². The van der Waals surface area contributed by atoms with Crippen LogP contribution in [0.5, 0.6) is 0 Å². The average molecular weight is 750 g/mol. The molecular formula is C55H48BNO. The Hall–Kier alpha value is -6.06. The second-order valence-corrected chi connectivity index (χ2v) is 18.9. The summed E-state index contributed by atoms with van der Waals surface area (Å²) < 4.78 is 9.56. The van der Waals surface area contributed by atoms with Gasteiger partial charge in [0.15, 0.2) is 0 Å². The van der Waals surface area contributed by atoms with Crippen molar-refractivity contribution >= 4 is 55.9 Å². The van der Waals surface area contributed by atoms with Gasteiger partial charge in [-0.3, -0.25) is 0 Å². The minimum Gasteiger partial charge on any atom is -0.457 e. The monoisotopic (exact) mass is 749 g/mol. The van der Waals surface area contributed by atoms with Crippen LogP contribution in [-0.2, 0) is 23.7 Å². The first-order valence-electron chi connectivity index (χ1n) is 21.0. The fourth-order valence-electron chi connectivity index (χ4n) is 10.3. The van der Waals surface area contributed by atoms with Crippen molar-refractivity contribution < 1.29 is 4.42 Å². The van der Waals surface area contributed by atoms with Gasteiger partial charge in [0.2, 0.25) is 6.71 Å². The molecule has 2 aliphatic heterocycles. The third kappa shape index (κ3) is 5.39. The summed E-state index contributed by atoms with van der Waals surface area (Å²) in [5, 5.41) is 3.81. The van der Waals surface area contributed by atoms with Gasteiger partial charge in [-0.25, -0.2) is 0 Å². The molecule has 0 aliphatic carbocycles. The van der Waals surface area contributed by atoms with Crippen molar-refractivity contribution in [3.05, 3.63) is 179 Å². The summed E-state index contributed by atoms with van der Waals surface area (Å²) in [4.78, 5) is 0. The van der Waals surface area contributed by atoms with Crippen molar-refractivity contribution in [1.29, 1.82) is 0 Å². The molecule has 1 unspecified atom stereocenters. The minimum atomic E-state index is -0.00772. The van der Waals surface area contributed by atoms with Crippen LogP contribution in [-0.4, -0.2) is 11.3 Å². The zero-order valence-electron chi connectivity index (χ0n) is 34.4. The Kier molecular flexibility index (Phi) is 7.71. The van der Waals surface area contributed by atoms with Gasteiger partial charge in [0.05, 0.1) is 11.0 Å². The van der Waals surface area contributed by atoms with Gasteiger partial charge in [0, 0.05) is 27.4 Å². The number of benzene rings is 7. The van der Waals surface area contributed by atoms with Gasteiger partial charge in [-0.05, 0) is 104 Å². The molecule has 0 spiro atoms. The second-order valence-electron chi connectivity index (χ2n) is 18.9. The number of nitrogens with zero attached hydrogens (tertiary/aromatic N) is 1. The van der Waals surface area contributed by atoms with Gasteiger partial charge in [0.1, 0.15) is 11.3 Å². The lowest BCUT2D eigenvalue weighted by Crippen LogP contribution is -2.56. The molecular weight excluding hydrogens is 701 g/mol. The van der Waals surface area contributed by atoms with E-state index in [1.165, 1.54) is 88.2 Å². The molecule has 1 atom stereocenters. The van der Waals surface area contributed by atoms with Crippen LogP contribution < -0.4 is 16.4 Å². The summed E-state index contributed by atoms with van der Waals surface area (Å²) >= 11 is 0. The number of hydrogen-bond acceptors (Lipinski definition) is 1. The maximum absolute atomic E-state index is 7.05. The largest absolute Gasteiger partial charge is 0.457 e. The van der Waals surface area contributed by atoms with Crippen LogP contribution in [0.1, 0.15) is 75.3 Å². The first kappa shape index (κ1) is 35.1. The molecule has 0 saturated heterocycles. The van der Waals surface area contributed by atoms with E-state index < -0.39 is 0 Å². The highest BCUT2D eigenvalue weighted by molar-refractivity contribution is 7.00. The second kappa shape index (κ2) is 12.7. The highest BCUT2D eigenvalue weighted by Crippen LogP contribution is 2.42. The fraction of sp³-hybridized carbons (Fsp3) is 0.200. The van der Waals surface area contributed by atoms with Crippen molar-refractivity contribution in [2.75, 3.05) is 0 Å². The number of fused-ring (bicyclic) bond motifs is 7. The molecule has 0 bridgehead atoms. The molecule has 3 heteroatoms. The van der Waals surface area contributed by atoms with E-state index in [2.05, 4.69) is 198 Å². The molecule has 58 heavy (non-hydrogen) atoms. The molecule has 282 valence electrons. The standard InChI is InChI=1S/C55H48BNO/c1-54(2,3)38-25-23-34(24-26-38)29-36-30-37-31-40(57-47-20-12-10-17-42(47)43-18-11-13-21-48(43)57)33-45-44-19-14-22-49-50(44)52(53(58-49)35-15-8-7-9-16-35)56(51(37)45)46-32-39(55(4,5)6)27-28-41(36)46/h7-28,31-33,36H,29-30H2,1-6H3. The summed E-state index contributed by atoms with van der Waals surface area (Å²) in [6, 6.07) is 57.2. The molecule has 0 amide bonds. The summed E-state index contributed by atoms with van der Waals surface area (Å²) in [6.45, 7) is 14.0. The number of aromatic nitrogens is 1. The lowest BCUT2D eigenvalue weighted by Gasteiger charge is -2.29. The minimum absolute atomic E-state index is 0.00772. The zero-order valence-corrected chi connectivity index (χ0v) is 34.4. The quantitative estimate of drug-likeness (QED) is 0.164. The van der Waals surface area contributed by atoms with E-state index in [0.29, 0.717) is 0 Å². The Morgan fingerprint density at radius 2 is 1.26 bits per heavy atom. The van der Waals surface area contributed by atoms with Crippen LogP contribution >= 0.6 is 0 Å². The van der Waals surface area contributed by atoms with Gasteiger partial charge in [-0.2, -0.15) is 0 Å². The summed E-state index contributed by atoms with van der Waals surface area (Å²) in [5.41, 5.74) is 19.6. The van der Waals surface area contributed by atoms with Gasteiger partial charge in [-0.15, -0.1) is 0 Å². The van der Waals surface area contributed by atoms with E-state index in [0.717, 1.165) is 29.7 Å². The SMILES string of the molecule is CC(C)(C)c1ccc(CC2Cc3cc(-n4c5ccccc5c5ccccc54)cc4c3B(c3cc(C(C)(C)C)ccc32)c2c(-c3ccccc3)oc3cccc-4c23)cc1. The third-order valence-electron chi connectivity index (χ3n) is 13.2. The molecule has 4 heterocycles. The molecule has 0 fully saturated rings. The highest BCUT2D eigenvalue weighted by atomic mass is 16.3. The van der Waals surface area contributed by atoms with E-state index in [9.17, 15) is 0 Å². The van der Waals surface area contributed by atoms with Crippen LogP contribution in [0.2, 0.25) is 0 Å². The van der Waals surface area contributed by atoms with Gasteiger partial charge < -0.3 is 8.98 Å². The molecule has 11 rings (SSSR count). The average Bonchev–Trinajstić information content (AvgIpc) is 3.74. The van der Waals surface area contributed by atoms with E-state index in [4.69, 9.17) is 4.42 Å². The zero-order chi connectivity index (χ0) is 39.5. The summed E-state index contributed by atoms with van der Waals surface area (Å²) in [7, 11) is 0. The normalized spacial score (nSPS) is 14.9. The molecule has 2 nitrogen and oxygen atoms in total. The Morgan fingerprint density at radius 1 is 0.603 bits per heavy atom. The van der Waals surface area contributed by atoms with Crippen molar-refractivity contribution in [1.82, 2.24) is 4.57 Å². The number of rotatable bonds is 4. The fourth-order valence-corrected chi connectivity index (χ4v) is 10.3. The molecule has 0 N–H and O–H groups in total. The van der Waals surface area contributed by atoms with E-state index in [-0.39, 0.29) is 23.5 Å². The predicted molar refractivity (Wildman–Crippen MR) is 247 cm³/mol. The van der Waals surface area contributed by atoms with Crippen molar-refractivity contribution in [3.8, 4) is 28.1 Å². The summed E-state index contributed by atoms with van der Waals surface area (Å²) in [6.07, 6.45) is 1.91. The molecule has 2 aromatic heterocycles. The Labute approximate surface area is 342 Å². The number of furan rings is 1. The van der Waals surface area contributed by atoms with Crippen LogP contribution in [0.4, 0.5) is 0 Å². The first-order chi connectivity index (χ1) is 28.0. The Balaban J connectivity index is 1.24. The molecule has 7 aromatic carbocycles. The lowest BCUT2D eigenvalue weighted by atomic mass is 9.32. The van der Waals surface area contributed by atoms with Gasteiger partial charge >= 0.3 is 0 Å². The Morgan fingerprint density at radius 3 is 1.95 bits per heavy atom. The highest BCUT2D eigenvalue weighted by Gasteiger charge is 2.43. The van der Waals surface area contributed by atoms with Crippen LogP contribution in [0, 0.1) is 0 Å². The van der Waals surface area contributed by atoms with E-state index >= 15 is 0 Å².